The predicted molar refractivity (Wildman–Crippen MR) is 81.1 cm³/mol. The van der Waals surface area contributed by atoms with E-state index >= 15 is 0 Å². The van der Waals surface area contributed by atoms with Gasteiger partial charge in [0.05, 0.1) is 11.4 Å². The Morgan fingerprint density at radius 1 is 0.947 bits per heavy atom. The number of H-pyrrole nitrogens is 1. The molecule has 0 unspecified atom stereocenters. The molecule has 1 aromatic heterocycles. The molecule has 2 aromatic carbocycles. The van der Waals surface area contributed by atoms with Crippen LogP contribution < -0.4 is 0 Å². The first-order valence-corrected chi connectivity index (χ1v) is 6.59. The molecule has 94 valence electrons. The number of nitrogens with one attached hydrogen (secondary N) is 1. The van der Waals surface area contributed by atoms with Crippen LogP contribution in [-0.2, 0) is 0 Å². The lowest BCUT2D eigenvalue weighted by Gasteiger charge is -2.03. The molecule has 0 radical (unpaired) electrons. The first kappa shape index (κ1) is 11.9. The van der Waals surface area contributed by atoms with Crippen molar-refractivity contribution in [3.05, 3.63) is 70.9 Å². The molecule has 3 rings (SSSR count). The molecular formula is C16H14N2S. The molecule has 3 heteroatoms. The summed E-state index contributed by atoms with van der Waals surface area (Å²) in [4.78, 5) is 0. The van der Waals surface area contributed by atoms with Crippen LogP contribution in [0.3, 0.4) is 0 Å². The fourth-order valence-electron chi connectivity index (χ4n) is 2.05. The van der Waals surface area contributed by atoms with Gasteiger partial charge in [-0.15, -0.1) is 0 Å². The number of nitrogens with zero attached hydrogens (tertiary/aromatic N) is 1. The third kappa shape index (κ3) is 2.37. The van der Waals surface area contributed by atoms with Crippen LogP contribution in [0, 0.1) is 11.6 Å². The van der Waals surface area contributed by atoms with Crippen molar-refractivity contribution < 1.29 is 0 Å². The average Bonchev–Trinajstić information content (AvgIpc) is 2.83. The Morgan fingerprint density at radius 3 is 2.32 bits per heavy atom. The van der Waals surface area contributed by atoms with E-state index in [0.717, 1.165) is 21.6 Å². The van der Waals surface area contributed by atoms with E-state index in [4.69, 9.17) is 12.2 Å². The minimum Gasteiger partial charge on any atom is -0.292 e. The van der Waals surface area contributed by atoms with E-state index in [9.17, 15) is 0 Å². The number of benzene rings is 2. The summed E-state index contributed by atoms with van der Waals surface area (Å²) in [6, 6.07) is 20.5. The summed E-state index contributed by atoms with van der Waals surface area (Å²) in [5, 5.41) is 3.35. The Bertz CT molecular complexity index is 736. The fourth-order valence-corrected chi connectivity index (χ4v) is 2.32. The zero-order chi connectivity index (χ0) is 13.2. The summed E-state index contributed by atoms with van der Waals surface area (Å²) in [7, 11) is 0. The first-order valence-electron chi connectivity index (χ1n) is 6.18. The van der Waals surface area contributed by atoms with Crippen LogP contribution in [-0.4, -0.2) is 9.78 Å². The topological polar surface area (TPSA) is 20.7 Å². The van der Waals surface area contributed by atoms with Gasteiger partial charge in [0.2, 0.25) is 0 Å². The third-order valence-electron chi connectivity index (χ3n) is 3.10. The molecule has 0 aliphatic carbocycles. The zero-order valence-corrected chi connectivity index (χ0v) is 11.4. The van der Waals surface area contributed by atoms with E-state index in [1.165, 1.54) is 5.56 Å². The van der Waals surface area contributed by atoms with Crippen molar-refractivity contribution in [3.63, 3.8) is 0 Å². The van der Waals surface area contributed by atoms with Gasteiger partial charge in [0.25, 0.3) is 0 Å². The number of aromatic nitrogens is 2. The highest BCUT2D eigenvalue weighted by Crippen LogP contribution is 2.19. The standard InChI is InChI=1S/C16H14N2S/c1-12-7-9-14(10-8-12)18-16(19)11-15(17-18)13-5-3-2-4-6-13/h2-11,17H,1H3. The summed E-state index contributed by atoms with van der Waals surface area (Å²) in [6.45, 7) is 2.08. The highest BCUT2D eigenvalue weighted by molar-refractivity contribution is 7.71. The molecule has 3 aromatic rings. The van der Waals surface area contributed by atoms with Crippen molar-refractivity contribution in [2.45, 2.75) is 6.92 Å². The number of hydrogen-bond donors (Lipinski definition) is 1. The summed E-state index contributed by atoms with van der Waals surface area (Å²) < 4.78 is 2.71. The zero-order valence-electron chi connectivity index (χ0n) is 10.6. The smallest absolute Gasteiger partial charge is 0.128 e. The highest BCUT2D eigenvalue weighted by Gasteiger charge is 2.04. The molecule has 0 aliphatic heterocycles. The van der Waals surface area contributed by atoms with Crippen molar-refractivity contribution in [2.24, 2.45) is 0 Å². The van der Waals surface area contributed by atoms with Gasteiger partial charge in [0, 0.05) is 6.07 Å². The lowest BCUT2D eigenvalue weighted by atomic mass is 10.2. The van der Waals surface area contributed by atoms with Gasteiger partial charge < -0.3 is 0 Å². The van der Waals surface area contributed by atoms with Crippen LogP contribution >= 0.6 is 12.2 Å². The second kappa shape index (κ2) is 4.86. The lowest BCUT2D eigenvalue weighted by Crippen LogP contribution is -1.96. The second-order valence-electron chi connectivity index (χ2n) is 4.55. The predicted octanol–water partition coefficient (Wildman–Crippen LogP) is 4.51. The van der Waals surface area contributed by atoms with Crippen molar-refractivity contribution in [1.29, 1.82) is 0 Å². The van der Waals surface area contributed by atoms with Crippen LogP contribution in [0.15, 0.2) is 60.7 Å². The van der Waals surface area contributed by atoms with Gasteiger partial charge >= 0.3 is 0 Å². The molecule has 0 saturated carbocycles. The molecule has 0 fully saturated rings. The summed E-state index contributed by atoms with van der Waals surface area (Å²) in [5.74, 6) is 0. The van der Waals surface area contributed by atoms with Gasteiger partial charge in [0.1, 0.15) is 4.64 Å². The molecule has 0 bridgehead atoms. The molecular weight excluding hydrogens is 252 g/mol. The van der Waals surface area contributed by atoms with E-state index in [1.807, 2.05) is 28.9 Å². The van der Waals surface area contributed by atoms with Crippen LogP contribution in [0.1, 0.15) is 5.56 Å². The molecule has 0 amide bonds. The molecule has 19 heavy (non-hydrogen) atoms. The minimum absolute atomic E-state index is 0.780. The van der Waals surface area contributed by atoms with Crippen molar-refractivity contribution in [3.8, 4) is 16.9 Å². The van der Waals surface area contributed by atoms with E-state index in [1.54, 1.807) is 0 Å². The maximum atomic E-state index is 5.42. The molecule has 0 aliphatic rings. The second-order valence-corrected chi connectivity index (χ2v) is 4.96. The van der Waals surface area contributed by atoms with E-state index in [2.05, 4.69) is 48.4 Å². The Labute approximate surface area is 117 Å². The largest absolute Gasteiger partial charge is 0.292 e. The van der Waals surface area contributed by atoms with Crippen molar-refractivity contribution in [2.75, 3.05) is 0 Å². The number of rotatable bonds is 2. The quantitative estimate of drug-likeness (QED) is 0.677. The maximum Gasteiger partial charge on any atom is 0.128 e. The lowest BCUT2D eigenvalue weighted by molar-refractivity contribution is 0.872. The molecule has 0 atom stereocenters. The molecule has 0 spiro atoms. The summed E-state index contributed by atoms with van der Waals surface area (Å²) in [5.41, 5.74) is 4.47. The van der Waals surface area contributed by atoms with Crippen LogP contribution in [0.2, 0.25) is 0 Å². The number of hydrogen-bond acceptors (Lipinski definition) is 1. The van der Waals surface area contributed by atoms with Crippen molar-refractivity contribution >= 4 is 12.2 Å². The SMILES string of the molecule is Cc1ccc(-n2[nH]c(-c3ccccc3)cc2=S)cc1. The van der Waals surface area contributed by atoms with E-state index in [-0.39, 0.29) is 0 Å². The Morgan fingerprint density at radius 2 is 1.63 bits per heavy atom. The summed E-state index contributed by atoms with van der Waals surface area (Å²) >= 11 is 5.42. The minimum atomic E-state index is 0.780. The highest BCUT2D eigenvalue weighted by atomic mass is 32.1. The number of aryl methyl sites for hydroxylation is 1. The number of aromatic amines is 1. The molecule has 1 N–H and O–H groups in total. The van der Waals surface area contributed by atoms with Gasteiger partial charge in [-0.1, -0.05) is 60.2 Å². The van der Waals surface area contributed by atoms with Gasteiger partial charge in [0.15, 0.2) is 0 Å². The fraction of sp³-hybridized carbons (Fsp3) is 0.0625. The molecule has 1 heterocycles. The molecule has 0 saturated heterocycles. The van der Waals surface area contributed by atoms with Crippen molar-refractivity contribution in [1.82, 2.24) is 9.78 Å². The Hall–Kier alpha value is -2.13. The van der Waals surface area contributed by atoms with Crippen LogP contribution in [0.5, 0.6) is 0 Å². The monoisotopic (exact) mass is 266 g/mol. The van der Waals surface area contributed by atoms with E-state index < -0.39 is 0 Å². The Balaban J connectivity index is 2.08. The van der Waals surface area contributed by atoms with Gasteiger partial charge in [-0.05, 0) is 24.6 Å². The third-order valence-corrected chi connectivity index (χ3v) is 3.40. The van der Waals surface area contributed by atoms with Crippen LogP contribution in [0.25, 0.3) is 16.9 Å². The average molecular weight is 266 g/mol. The van der Waals surface area contributed by atoms with Gasteiger partial charge in [-0.25, -0.2) is 4.68 Å². The normalized spacial score (nSPS) is 10.6. The van der Waals surface area contributed by atoms with E-state index in [0.29, 0.717) is 0 Å². The molecule has 2 nitrogen and oxygen atoms in total. The Kier molecular flexibility index (Phi) is 3.05. The maximum absolute atomic E-state index is 5.42. The van der Waals surface area contributed by atoms with Crippen LogP contribution in [0.4, 0.5) is 0 Å². The van der Waals surface area contributed by atoms with Gasteiger partial charge in [-0.3, -0.25) is 5.10 Å². The summed E-state index contributed by atoms with van der Waals surface area (Å²) in [6.07, 6.45) is 0. The van der Waals surface area contributed by atoms with Gasteiger partial charge in [-0.2, -0.15) is 0 Å². The first-order chi connectivity index (χ1) is 9.24.